The second-order valence-electron chi connectivity index (χ2n) is 5.61. The number of thiazole rings is 1. The van der Waals surface area contributed by atoms with Gasteiger partial charge in [-0.1, -0.05) is 23.5 Å². The number of nitro groups is 1. The van der Waals surface area contributed by atoms with Crippen molar-refractivity contribution in [2.45, 2.75) is 9.10 Å². The average Bonchev–Trinajstić information content (AvgIpc) is 3.17. The highest BCUT2D eigenvalue weighted by atomic mass is 32.2. The molecule has 1 N–H and O–H groups in total. The highest BCUT2D eigenvalue weighted by Crippen LogP contribution is 2.29. The molecule has 0 fully saturated rings. The number of rotatable bonds is 6. The van der Waals surface area contributed by atoms with Gasteiger partial charge in [0.15, 0.2) is 5.13 Å². The molecule has 0 aliphatic carbocycles. The van der Waals surface area contributed by atoms with Gasteiger partial charge in [-0.15, -0.1) is 0 Å². The van der Waals surface area contributed by atoms with E-state index in [1.54, 1.807) is 0 Å². The molecule has 0 atom stereocenters. The van der Waals surface area contributed by atoms with Gasteiger partial charge in [0.2, 0.25) is 15.7 Å². The minimum absolute atomic E-state index is 0.0687. The van der Waals surface area contributed by atoms with Crippen LogP contribution in [0.15, 0.2) is 69.9 Å². The van der Waals surface area contributed by atoms with Crippen LogP contribution in [0.1, 0.15) is 5.56 Å². The zero-order chi connectivity index (χ0) is 21.0. The van der Waals surface area contributed by atoms with Gasteiger partial charge in [0.1, 0.15) is 10.0 Å². The number of halogens is 1. The minimum Gasteiger partial charge on any atom is -0.298 e. The molecule has 148 valence electrons. The van der Waals surface area contributed by atoms with Crippen LogP contribution in [0.3, 0.4) is 0 Å². The van der Waals surface area contributed by atoms with Crippen LogP contribution >= 0.6 is 11.3 Å². The third-order valence-corrected chi connectivity index (χ3v) is 6.78. The average molecular weight is 433 g/mol. The number of hydrogen-bond acceptors (Lipinski definition) is 7. The lowest BCUT2D eigenvalue weighted by molar-refractivity contribution is -0.384. The Hall–Kier alpha value is -3.44. The van der Waals surface area contributed by atoms with Crippen molar-refractivity contribution >= 4 is 44.0 Å². The van der Waals surface area contributed by atoms with Crippen molar-refractivity contribution in [1.29, 1.82) is 0 Å². The van der Waals surface area contributed by atoms with E-state index in [4.69, 9.17) is 0 Å². The van der Waals surface area contributed by atoms with E-state index in [1.807, 2.05) is 0 Å². The zero-order valence-electron chi connectivity index (χ0n) is 14.5. The third-order valence-electron chi connectivity index (χ3n) is 3.63. The standard InChI is InChI=1S/C18H12FN3O5S2/c19-13-4-1-12(2-5-13)3-10-16(23)21-18-20-11-17(28-18)29(26,27)15-8-6-14(7-9-15)22(24)25/h1-11H,(H,20,21,23). The summed E-state index contributed by atoms with van der Waals surface area (Å²) in [6.07, 6.45) is 3.77. The van der Waals surface area contributed by atoms with Gasteiger partial charge in [0, 0.05) is 18.2 Å². The second kappa shape index (κ2) is 8.29. The first-order valence-corrected chi connectivity index (χ1v) is 10.3. The number of non-ortho nitro benzene ring substituents is 1. The van der Waals surface area contributed by atoms with Crippen LogP contribution in [-0.2, 0) is 14.6 Å². The van der Waals surface area contributed by atoms with E-state index in [0.717, 1.165) is 41.8 Å². The molecule has 0 aliphatic heterocycles. The molecular formula is C18H12FN3O5S2. The molecule has 1 heterocycles. The maximum atomic E-state index is 12.9. The number of sulfone groups is 1. The molecule has 29 heavy (non-hydrogen) atoms. The summed E-state index contributed by atoms with van der Waals surface area (Å²) in [5, 5.41) is 13.2. The maximum Gasteiger partial charge on any atom is 0.269 e. The van der Waals surface area contributed by atoms with Gasteiger partial charge in [0.25, 0.3) is 5.69 Å². The van der Waals surface area contributed by atoms with Crippen LogP contribution < -0.4 is 5.32 Å². The number of benzene rings is 2. The van der Waals surface area contributed by atoms with E-state index in [9.17, 15) is 27.7 Å². The van der Waals surface area contributed by atoms with Gasteiger partial charge < -0.3 is 0 Å². The molecular weight excluding hydrogens is 421 g/mol. The van der Waals surface area contributed by atoms with Crippen molar-refractivity contribution in [1.82, 2.24) is 4.98 Å². The molecule has 0 aliphatic rings. The van der Waals surface area contributed by atoms with Gasteiger partial charge in [-0.05, 0) is 35.9 Å². The molecule has 0 spiro atoms. The maximum absolute atomic E-state index is 12.9. The summed E-state index contributed by atoms with van der Waals surface area (Å²) in [6.45, 7) is 0. The van der Waals surface area contributed by atoms with E-state index in [2.05, 4.69) is 10.3 Å². The number of hydrogen-bond donors (Lipinski definition) is 1. The number of nitrogens with zero attached hydrogens (tertiary/aromatic N) is 2. The first kappa shape index (κ1) is 20.3. The molecule has 2 aromatic carbocycles. The van der Waals surface area contributed by atoms with E-state index < -0.39 is 26.5 Å². The van der Waals surface area contributed by atoms with Crippen molar-refractivity contribution < 1.29 is 22.5 Å². The smallest absolute Gasteiger partial charge is 0.269 e. The van der Waals surface area contributed by atoms with E-state index in [-0.39, 0.29) is 19.9 Å². The molecule has 3 rings (SSSR count). The SMILES string of the molecule is O=C(C=Cc1ccc(F)cc1)Nc1ncc(S(=O)(=O)c2ccc([N+](=O)[O-])cc2)s1. The number of carbonyl (C=O) groups is 1. The van der Waals surface area contributed by atoms with Crippen LogP contribution in [0.4, 0.5) is 15.2 Å². The minimum atomic E-state index is -3.93. The molecule has 0 saturated heterocycles. The second-order valence-corrected chi connectivity index (χ2v) is 8.82. The lowest BCUT2D eigenvalue weighted by atomic mass is 10.2. The molecule has 0 saturated carbocycles. The topological polar surface area (TPSA) is 119 Å². The Balaban J connectivity index is 1.71. The predicted octanol–water partition coefficient (Wildman–Crippen LogP) is 3.68. The summed E-state index contributed by atoms with van der Waals surface area (Å²) in [5.74, 6) is -0.931. The Morgan fingerprint density at radius 3 is 2.41 bits per heavy atom. The van der Waals surface area contributed by atoms with Crippen molar-refractivity contribution in [2.75, 3.05) is 5.32 Å². The number of carbonyl (C=O) groups excluding carboxylic acids is 1. The fourth-order valence-electron chi connectivity index (χ4n) is 2.20. The summed E-state index contributed by atoms with van der Waals surface area (Å²) >= 11 is 0.749. The fourth-order valence-corrected chi connectivity index (χ4v) is 4.63. The van der Waals surface area contributed by atoms with Crippen molar-refractivity contribution in [3.8, 4) is 0 Å². The third kappa shape index (κ3) is 4.89. The van der Waals surface area contributed by atoms with Crippen LogP contribution in [0.25, 0.3) is 6.08 Å². The van der Waals surface area contributed by atoms with Gasteiger partial charge in [-0.25, -0.2) is 17.8 Å². The molecule has 8 nitrogen and oxygen atoms in total. The van der Waals surface area contributed by atoms with Crippen molar-refractivity contribution in [2.24, 2.45) is 0 Å². The van der Waals surface area contributed by atoms with Gasteiger partial charge in [-0.2, -0.15) is 0 Å². The summed E-state index contributed by atoms with van der Waals surface area (Å²) in [5.41, 5.74) is 0.385. The molecule has 0 unspecified atom stereocenters. The quantitative estimate of drug-likeness (QED) is 0.360. The summed E-state index contributed by atoms with van der Waals surface area (Å²) in [6, 6.07) is 9.97. The number of nitro benzene ring substituents is 1. The van der Waals surface area contributed by atoms with Crippen LogP contribution in [0.5, 0.6) is 0 Å². The zero-order valence-corrected chi connectivity index (χ0v) is 16.1. The summed E-state index contributed by atoms with van der Waals surface area (Å²) in [7, 11) is -3.93. The molecule has 1 amide bonds. The number of nitrogens with one attached hydrogen (secondary N) is 1. The fraction of sp³-hybridized carbons (Fsp3) is 0. The van der Waals surface area contributed by atoms with Crippen LogP contribution in [-0.4, -0.2) is 24.2 Å². The van der Waals surface area contributed by atoms with E-state index in [0.29, 0.717) is 5.56 Å². The van der Waals surface area contributed by atoms with Crippen LogP contribution in [0, 0.1) is 15.9 Å². The number of amides is 1. The first-order valence-electron chi connectivity index (χ1n) is 7.96. The molecule has 11 heteroatoms. The van der Waals surface area contributed by atoms with Gasteiger partial charge in [-0.3, -0.25) is 20.2 Å². The Labute approximate surface area is 168 Å². The lowest BCUT2D eigenvalue weighted by Crippen LogP contribution is -2.07. The molecule has 3 aromatic rings. The number of aromatic nitrogens is 1. The Morgan fingerprint density at radius 2 is 1.79 bits per heavy atom. The highest BCUT2D eigenvalue weighted by Gasteiger charge is 2.22. The van der Waals surface area contributed by atoms with E-state index >= 15 is 0 Å². The molecule has 0 radical (unpaired) electrons. The van der Waals surface area contributed by atoms with Crippen molar-refractivity contribution in [3.63, 3.8) is 0 Å². The van der Waals surface area contributed by atoms with Gasteiger partial charge in [0.05, 0.1) is 16.0 Å². The number of anilines is 1. The molecule has 0 bridgehead atoms. The van der Waals surface area contributed by atoms with Crippen molar-refractivity contribution in [3.05, 3.63) is 82.3 Å². The highest BCUT2D eigenvalue weighted by molar-refractivity contribution is 7.93. The molecule has 1 aromatic heterocycles. The predicted molar refractivity (Wildman–Crippen MR) is 105 cm³/mol. The first-order chi connectivity index (χ1) is 13.8. The monoisotopic (exact) mass is 433 g/mol. The summed E-state index contributed by atoms with van der Waals surface area (Å²) in [4.78, 5) is 25.8. The summed E-state index contributed by atoms with van der Waals surface area (Å²) < 4.78 is 37.9. The lowest BCUT2D eigenvalue weighted by Gasteiger charge is -2.00. The normalized spacial score (nSPS) is 11.5. The Morgan fingerprint density at radius 1 is 1.14 bits per heavy atom. The largest absolute Gasteiger partial charge is 0.298 e. The van der Waals surface area contributed by atoms with Gasteiger partial charge >= 0.3 is 0 Å². The van der Waals surface area contributed by atoms with Crippen LogP contribution in [0.2, 0.25) is 0 Å². The van der Waals surface area contributed by atoms with E-state index in [1.165, 1.54) is 36.4 Å². The Kier molecular flexibility index (Phi) is 5.80. The Bertz CT molecular complexity index is 1190.